The van der Waals surface area contributed by atoms with Crippen molar-refractivity contribution in [3.63, 3.8) is 0 Å². The van der Waals surface area contributed by atoms with Gasteiger partial charge in [0.05, 0.1) is 0 Å². The molecule has 0 spiro atoms. The number of rotatable bonds is 5. The number of aromatic nitrogens is 2. The van der Waals surface area contributed by atoms with Crippen LogP contribution in [-0.4, -0.2) is 22.4 Å². The van der Waals surface area contributed by atoms with Crippen molar-refractivity contribution in [3.05, 3.63) is 46.2 Å². The number of halogens is 1. The molecule has 0 bridgehead atoms. The molecule has 0 saturated carbocycles. The van der Waals surface area contributed by atoms with Crippen LogP contribution >= 0.6 is 11.6 Å². The molecule has 0 aliphatic rings. The van der Waals surface area contributed by atoms with Crippen LogP contribution in [0.25, 0.3) is 0 Å². The van der Waals surface area contributed by atoms with Crippen LogP contribution in [0, 0.1) is 19.8 Å². The molecule has 122 valence electrons. The van der Waals surface area contributed by atoms with Crippen LogP contribution in [0.1, 0.15) is 35.6 Å². The lowest BCUT2D eigenvalue weighted by Crippen LogP contribution is -2.28. The molecule has 5 nitrogen and oxygen atoms in total. The zero-order valence-corrected chi connectivity index (χ0v) is 14.5. The van der Waals surface area contributed by atoms with E-state index in [1.54, 1.807) is 12.1 Å². The van der Waals surface area contributed by atoms with Crippen LogP contribution in [0.2, 0.25) is 5.02 Å². The summed E-state index contributed by atoms with van der Waals surface area (Å²) in [7, 11) is 0. The second-order valence-electron chi connectivity index (χ2n) is 5.91. The molecule has 0 radical (unpaired) electrons. The van der Waals surface area contributed by atoms with E-state index in [9.17, 15) is 4.79 Å². The minimum absolute atomic E-state index is 0.194. The Hall–Kier alpha value is -2.14. The maximum Gasteiger partial charge on any atom is 0.270 e. The summed E-state index contributed by atoms with van der Waals surface area (Å²) in [6.07, 6.45) is 0. The molecule has 0 aliphatic heterocycles. The van der Waals surface area contributed by atoms with Crippen LogP contribution in [-0.2, 0) is 0 Å². The maximum atomic E-state index is 12.2. The molecule has 0 aliphatic carbocycles. The Labute approximate surface area is 141 Å². The molecule has 23 heavy (non-hydrogen) atoms. The molecular weight excluding hydrogens is 312 g/mol. The topological polar surface area (TPSA) is 66.9 Å². The predicted molar refractivity (Wildman–Crippen MR) is 93.4 cm³/mol. The number of amides is 1. The van der Waals surface area contributed by atoms with Crippen molar-refractivity contribution in [1.29, 1.82) is 0 Å². The van der Waals surface area contributed by atoms with Crippen LogP contribution < -0.4 is 10.6 Å². The van der Waals surface area contributed by atoms with Gasteiger partial charge in [0.15, 0.2) is 0 Å². The molecule has 2 aromatic rings. The third-order valence-electron chi connectivity index (χ3n) is 3.19. The highest BCUT2D eigenvalue weighted by Crippen LogP contribution is 2.22. The fourth-order valence-electron chi connectivity index (χ4n) is 2.02. The van der Waals surface area contributed by atoms with Gasteiger partial charge in [0.2, 0.25) is 5.95 Å². The van der Waals surface area contributed by atoms with Gasteiger partial charge < -0.3 is 10.6 Å². The second kappa shape index (κ2) is 7.42. The van der Waals surface area contributed by atoms with Crippen LogP contribution in [0.15, 0.2) is 24.3 Å². The minimum Gasteiger partial charge on any atom is -0.350 e. The first kappa shape index (κ1) is 17.2. The third-order valence-corrected chi connectivity index (χ3v) is 3.43. The lowest BCUT2D eigenvalue weighted by Gasteiger charge is -2.11. The highest BCUT2D eigenvalue weighted by Gasteiger charge is 2.11. The molecule has 0 saturated heterocycles. The van der Waals surface area contributed by atoms with Crippen molar-refractivity contribution in [1.82, 2.24) is 15.3 Å². The first-order chi connectivity index (χ1) is 10.8. The third kappa shape index (κ3) is 4.93. The van der Waals surface area contributed by atoms with Gasteiger partial charge in [-0.25, -0.2) is 9.97 Å². The van der Waals surface area contributed by atoms with E-state index in [2.05, 4.69) is 20.6 Å². The predicted octanol–water partition coefficient (Wildman–Crippen LogP) is 3.88. The highest BCUT2D eigenvalue weighted by molar-refractivity contribution is 6.30. The molecule has 0 atom stereocenters. The Morgan fingerprint density at radius 2 is 1.96 bits per heavy atom. The summed E-state index contributed by atoms with van der Waals surface area (Å²) in [5.74, 6) is 0.585. The molecule has 1 amide bonds. The molecule has 2 rings (SSSR count). The van der Waals surface area contributed by atoms with E-state index in [4.69, 9.17) is 11.6 Å². The summed E-state index contributed by atoms with van der Waals surface area (Å²) in [5.41, 5.74) is 2.91. The summed E-state index contributed by atoms with van der Waals surface area (Å²) >= 11 is 5.96. The maximum absolute atomic E-state index is 12.2. The largest absolute Gasteiger partial charge is 0.350 e. The van der Waals surface area contributed by atoms with Crippen molar-refractivity contribution in [2.45, 2.75) is 27.7 Å². The van der Waals surface area contributed by atoms with Crippen LogP contribution in [0.3, 0.4) is 0 Å². The van der Waals surface area contributed by atoms with Gasteiger partial charge in [-0.2, -0.15) is 0 Å². The number of benzene rings is 1. The smallest absolute Gasteiger partial charge is 0.270 e. The van der Waals surface area contributed by atoms with E-state index in [1.807, 2.05) is 39.8 Å². The molecule has 6 heteroatoms. The summed E-state index contributed by atoms with van der Waals surface area (Å²) in [6.45, 7) is 8.48. The van der Waals surface area contributed by atoms with Crippen molar-refractivity contribution >= 4 is 29.1 Å². The zero-order valence-electron chi connectivity index (χ0n) is 13.8. The summed E-state index contributed by atoms with van der Waals surface area (Å²) < 4.78 is 0. The van der Waals surface area contributed by atoms with E-state index in [0.717, 1.165) is 16.9 Å². The summed E-state index contributed by atoms with van der Waals surface area (Å²) in [5, 5.41) is 6.67. The quantitative estimate of drug-likeness (QED) is 0.872. The number of aryl methyl sites for hydroxylation is 2. The average Bonchev–Trinajstić information content (AvgIpc) is 2.47. The Morgan fingerprint density at radius 3 is 2.61 bits per heavy atom. The minimum atomic E-state index is -0.194. The number of nitrogens with one attached hydrogen (secondary N) is 2. The number of carbonyl (C=O) groups excluding carboxylic acids is 1. The lowest BCUT2D eigenvalue weighted by atomic mass is 10.2. The molecule has 0 unspecified atom stereocenters. The van der Waals surface area contributed by atoms with Gasteiger partial charge in [-0.05, 0) is 49.6 Å². The molecular formula is C17H21ClN4O. The van der Waals surface area contributed by atoms with E-state index in [0.29, 0.717) is 29.1 Å². The van der Waals surface area contributed by atoms with Gasteiger partial charge in [0, 0.05) is 22.9 Å². The van der Waals surface area contributed by atoms with E-state index in [1.165, 1.54) is 0 Å². The second-order valence-corrected chi connectivity index (χ2v) is 6.34. The number of hydrogen-bond acceptors (Lipinski definition) is 4. The fraction of sp³-hybridized carbons (Fsp3) is 0.353. The highest BCUT2D eigenvalue weighted by atomic mass is 35.5. The van der Waals surface area contributed by atoms with Gasteiger partial charge in [-0.1, -0.05) is 25.4 Å². The molecule has 0 fully saturated rings. The monoisotopic (exact) mass is 332 g/mol. The standard InChI is InChI=1S/C17H21ClN4O/c1-10(2)9-19-16(23)15-8-12(4)20-17(22-15)21-14-6-5-13(18)7-11(14)3/h5-8,10H,9H2,1-4H3,(H,19,23)(H,20,21,22). The lowest BCUT2D eigenvalue weighted by molar-refractivity contribution is 0.0944. The fourth-order valence-corrected chi connectivity index (χ4v) is 2.24. The molecule has 1 heterocycles. The Morgan fingerprint density at radius 1 is 1.22 bits per heavy atom. The van der Waals surface area contributed by atoms with E-state index >= 15 is 0 Å². The first-order valence-electron chi connectivity index (χ1n) is 7.52. The molecule has 1 aromatic heterocycles. The van der Waals surface area contributed by atoms with Crippen molar-refractivity contribution < 1.29 is 4.79 Å². The van der Waals surface area contributed by atoms with Gasteiger partial charge in [-0.3, -0.25) is 4.79 Å². The van der Waals surface area contributed by atoms with Crippen LogP contribution in [0.5, 0.6) is 0 Å². The molecule has 2 N–H and O–H groups in total. The number of nitrogens with zero attached hydrogens (tertiary/aromatic N) is 2. The SMILES string of the molecule is Cc1cc(C(=O)NCC(C)C)nc(Nc2ccc(Cl)cc2C)n1. The van der Waals surface area contributed by atoms with E-state index in [-0.39, 0.29) is 5.91 Å². The van der Waals surface area contributed by atoms with Gasteiger partial charge in [-0.15, -0.1) is 0 Å². The number of hydrogen-bond donors (Lipinski definition) is 2. The van der Waals surface area contributed by atoms with Gasteiger partial charge >= 0.3 is 0 Å². The normalized spacial score (nSPS) is 10.7. The van der Waals surface area contributed by atoms with Gasteiger partial charge in [0.25, 0.3) is 5.91 Å². The average molecular weight is 333 g/mol. The number of carbonyl (C=O) groups is 1. The van der Waals surface area contributed by atoms with Gasteiger partial charge in [0.1, 0.15) is 5.69 Å². The Balaban J connectivity index is 2.21. The van der Waals surface area contributed by atoms with E-state index < -0.39 is 0 Å². The Bertz CT molecular complexity index is 716. The Kier molecular flexibility index (Phi) is 5.55. The van der Waals surface area contributed by atoms with Crippen molar-refractivity contribution in [2.75, 3.05) is 11.9 Å². The first-order valence-corrected chi connectivity index (χ1v) is 7.90. The zero-order chi connectivity index (χ0) is 17.0. The summed E-state index contributed by atoms with van der Waals surface area (Å²) in [6, 6.07) is 7.19. The summed E-state index contributed by atoms with van der Waals surface area (Å²) in [4.78, 5) is 20.8. The van der Waals surface area contributed by atoms with Crippen molar-refractivity contribution in [3.8, 4) is 0 Å². The number of anilines is 2. The van der Waals surface area contributed by atoms with Crippen molar-refractivity contribution in [2.24, 2.45) is 5.92 Å². The molecule has 1 aromatic carbocycles. The van der Waals surface area contributed by atoms with Crippen LogP contribution in [0.4, 0.5) is 11.6 Å².